The first-order valence-electron chi connectivity index (χ1n) is 4.12. The molecule has 0 rings (SSSR count). The predicted molar refractivity (Wildman–Crippen MR) is 45.2 cm³/mol. The zero-order chi connectivity index (χ0) is 8.53. The van der Waals surface area contributed by atoms with E-state index in [0.29, 0.717) is 6.61 Å². The number of rotatable bonds is 7. The molecule has 0 saturated carbocycles. The van der Waals surface area contributed by atoms with Crippen LogP contribution in [0.2, 0.25) is 0 Å². The highest BCUT2D eigenvalue weighted by Crippen LogP contribution is 1.95. The van der Waals surface area contributed by atoms with E-state index < -0.39 is 6.10 Å². The molecule has 2 nitrogen and oxygen atoms in total. The molecule has 1 atom stereocenters. The molecule has 0 aromatic carbocycles. The second kappa shape index (κ2) is 7.76. The van der Waals surface area contributed by atoms with Gasteiger partial charge in [-0.05, 0) is 6.42 Å². The fraction of sp³-hybridized carbons (Fsp3) is 0.778. The molecule has 0 fully saturated rings. The van der Waals surface area contributed by atoms with Crippen LogP contribution in [0.1, 0.15) is 26.2 Å². The first kappa shape index (κ1) is 10.7. The minimum absolute atomic E-state index is 0.320. The third kappa shape index (κ3) is 7.56. The van der Waals surface area contributed by atoms with E-state index in [1.54, 1.807) is 0 Å². The van der Waals surface area contributed by atoms with E-state index in [9.17, 15) is 0 Å². The van der Waals surface area contributed by atoms with Gasteiger partial charge in [-0.25, -0.2) is 0 Å². The van der Waals surface area contributed by atoms with Gasteiger partial charge in [0.1, 0.15) is 0 Å². The Labute approximate surface area is 68.9 Å². The van der Waals surface area contributed by atoms with Crippen molar-refractivity contribution >= 4 is 0 Å². The third-order valence-electron chi connectivity index (χ3n) is 1.40. The Morgan fingerprint density at radius 3 is 2.82 bits per heavy atom. The quantitative estimate of drug-likeness (QED) is 0.568. The molecule has 0 aliphatic carbocycles. The summed E-state index contributed by atoms with van der Waals surface area (Å²) in [5.41, 5.74) is 0. The number of hydrogen-bond acceptors (Lipinski definition) is 2. The largest absolute Gasteiger partial charge is 0.387 e. The summed E-state index contributed by atoms with van der Waals surface area (Å²) in [6.07, 6.45) is 4.06. The maximum Gasteiger partial charge on any atom is 0.0957 e. The molecule has 1 N–H and O–H groups in total. The fourth-order valence-electron chi connectivity index (χ4n) is 0.714. The van der Waals surface area contributed by atoms with E-state index in [2.05, 4.69) is 6.92 Å². The summed E-state index contributed by atoms with van der Waals surface area (Å²) in [5, 5.41) is 8.91. The Morgan fingerprint density at radius 2 is 2.27 bits per heavy atom. The van der Waals surface area contributed by atoms with Gasteiger partial charge in [0, 0.05) is 6.61 Å². The smallest absolute Gasteiger partial charge is 0.0957 e. The van der Waals surface area contributed by atoms with E-state index in [1.807, 2.05) is 0 Å². The van der Waals surface area contributed by atoms with Crippen LogP contribution >= 0.6 is 0 Å². The summed E-state index contributed by atoms with van der Waals surface area (Å²) >= 11 is 0. The molecular formula is C9H17O2. The van der Waals surface area contributed by atoms with Crippen molar-refractivity contribution in [3.63, 3.8) is 0 Å². The van der Waals surface area contributed by atoms with E-state index >= 15 is 0 Å². The maximum atomic E-state index is 8.91. The number of aliphatic hydroxyl groups excluding tert-OH is 1. The van der Waals surface area contributed by atoms with Gasteiger partial charge in [-0.2, -0.15) is 0 Å². The highest BCUT2D eigenvalue weighted by atomic mass is 16.5. The SMILES string of the molecule is [CH]=CC(O)COCCCCC. The predicted octanol–water partition coefficient (Wildman–Crippen LogP) is 1.54. The summed E-state index contributed by atoms with van der Waals surface area (Å²) in [4.78, 5) is 0. The summed E-state index contributed by atoms with van der Waals surface area (Å²) in [6, 6.07) is 0. The Balaban J connectivity index is 2.95. The van der Waals surface area contributed by atoms with Crippen molar-refractivity contribution in [2.75, 3.05) is 13.2 Å². The van der Waals surface area contributed by atoms with Crippen LogP contribution in [-0.2, 0) is 4.74 Å². The Bertz CT molecular complexity index is 91.6. The lowest BCUT2D eigenvalue weighted by Gasteiger charge is -2.05. The van der Waals surface area contributed by atoms with Gasteiger partial charge in [0.05, 0.1) is 12.7 Å². The number of hydrogen-bond donors (Lipinski definition) is 1. The lowest BCUT2D eigenvalue weighted by atomic mass is 10.3. The van der Waals surface area contributed by atoms with Crippen LogP contribution in [0.4, 0.5) is 0 Å². The molecule has 0 aliphatic heterocycles. The molecule has 65 valence electrons. The first-order valence-corrected chi connectivity index (χ1v) is 4.12. The van der Waals surface area contributed by atoms with Gasteiger partial charge in [-0.1, -0.05) is 32.4 Å². The second-order valence-corrected chi connectivity index (χ2v) is 2.54. The van der Waals surface area contributed by atoms with Crippen molar-refractivity contribution < 1.29 is 9.84 Å². The van der Waals surface area contributed by atoms with Crippen molar-refractivity contribution in [3.05, 3.63) is 12.7 Å². The molecular weight excluding hydrogens is 140 g/mol. The first-order chi connectivity index (χ1) is 5.31. The molecule has 1 unspecified atom stereocenters. The molecule has 0 aliphatic rings. The minimum Gasteiger partial charge on any atom is -0.387 e. The lowest BCUT2D eigenvalue weighted by molar-refractivity contribution is 0.0578. The highest BCUT2D eigenvalue weighted by molar-refractivity contribution is 4.73. The summed E-state index contributed by atoms with van der Waals surface area (Å²) < 4.78 is 5.13. The van der Waals surface area contributed by atoms with Crippen molar-refractivity contribution in [1.82, 2.24) is 0 Å². The molecule has 0 saturated heterocycles. The summed E-state index contributed by atoms with van der Waals surface area (Å²) in [6.45, 7) is 8.24. The normalized spacial score (nSPS) is 12.9. The summed E-state index contributed by atoms with van der Waals surface area (Å²) in [7, 11) is 0. The second-order valence-electron chi connectivity index (χ2n) is 2.54. The standard InChI is InChI=1S/C9H17O2/c1-3-5-6-7-11-8-9(10)4-2/h2,4,9-10H,3,5-8H2,1H3. The molecule has 0 aromatic rings. The van der Waals surface area contributed by atoms with E-state index in [4.69, 9.17) is 16.4 Å². The van der Waals surface area contributed by atoms with Crippen LogP contribution in [0.5, 0.6) is 0 Å². The fourth-order valence-corrected chi connectivity index (χ4v) is 0.714. The zero-order valence-corrected chi connectivity index (χ0v) is 7.12. The van der Waals surface area contributed by atoms with Gasteiger partial charge in [0.15, 0.2) is 0 Å². The van der Waals surface area contributed by atoms with E-state index in [0.717, 1.165) is 13.0 Å². The van der Waals surface area contributed by atoms with Gasteiger partial charge in [-0.15, -0.1) is 0 Å². The van der Waals surface area contributed by atoms with Crippen molar-refractivity contribution in [2.24, 2.45) is 0 Å². The highest BCUT2D eigenvalue weighted by Gasteiger charge is 1.96. The van der Waals surface area contributed by atoms with Gasteiger partial charge in [0.2, 0.25) is 0 Å². The van der Waals surface area contributed by atoms with Crippen LogP contribution in [0, 0.1) is 6.58 Å². The molecule has 0 aromatic heterocycles. The average Bonchev–Trinajstić information content (AvgIpc) is 2.04. The van der Waals surface area contributed by atoms with Crippen LogP contribution in [0.15, 0.2) is 6.08 Å². The topological polar surface area (TPSA) is 29.5 Å². The van der Waals surface area contributed by atoms with Gasteiger partial charge >= 0.3 is 0 Å². The van der Waals surface area contributed by atoms with E-state index in [-0.39, 0.29) is 0 Å². The van der Waals surface area contributed by atoms with Crippen molar-refractivity contribution in [1.29, 1.82) is 0 Å². The number of ether oxygens (including phenoxy) is 1. The minimum atomic E-state index is -0.614. The Morgan fingerprint density at radius 1 is 1.55 bits per heavy atom. The molecule has 0 spiro atoms. The lowest BCUT2D eigenvalue weighted by Crippen LogP contribution is -2.12. The van der Waals surface area contributed by atoms with Crippen LogP contribution in [0.25, 0.3) is 0 Å². The molecule has 1 radical (unpaired) electrons. The van der Waals surface area contributed by atoms with Crippen LogP contribution in [0.3, 0.4) is 0 Å². The Hall–Kier alpha value is -0.340. The third-order valence-corrected chi connectivity index (χ3v) is 1.40. The molecule has 0 heterocycles. The molecule has 11 heavy (non-hydrogen) atoms. The Kier molecular flexibility index (Phi) is 7.52. The number of aliphatic hydroxyl groups is 1. The monoisotopic (exact) mass is 157 g/mol. The van der Waals surface area contributed by atoms with Crippen LogP contribution < -0.4 is 0 Å². The van der Waals surface area contributed by atoms with Gasteiger partial charge in [0.25, 0.3) is 0 Å². The molecule has 0 bridgehead atoms. The van der Waals surface area contributed by atoms with Crippen molar-refractivity contribution in [3.8, 4) is 0 Å². The summed E-state index contributed by atoms with van der Waals surface area (Å²) in [5.74, 6) is 0. The van der Waals surface area contributed by atoms with Crippen molar-refractivity contribution in [2.45, 2.75) is 32.3 Å². The number of unbranched alkanes of at least 4 members (excludes halogenated alkanes) is 2. The van der Waals surface area contributed by atoms with Gasteiger partial charge < -0.3 is 9.84 Å². The average molecular weight is 157 g/mol. The van der Waals surface area contributed by atoms with E-state index in [1.165, 1.54) is 18.9 Å². The zero-order valence-electron chi connectivity index (χ0n) is 7.12. The molecule has 0 amide bonds. The molecule has 2 heteroatoms. The maximum absolute atomic E-state index is 8.91. The van der Waals surface area contributed by atoms with Crippen LogP contribution in [-0.4, -0.2) is 24.4 Å². The van der Waals surface area contributed by atoms with Gasteiger partial charge in [-0.3, -0.25) is 0 Å².